The number of ether oxygens (including phenoxy) is 1. The Labute approximate surface area is 159 Å². The van der Waals surface area contributed by atoms with Crippen molar-refractivity contribution >= 4 is 44.1 Å². The van der Waals surface area contributed by atoms with E-state index in [4.69, 9.17) is 4.74 Å². The zero-order chi connectivity index (χ0) is 18.0. The van der Waals surface area contributed by atoms with Crippen LogP contribution in [0.25, 0.3) is 11.1 Å². The molecule has 0 spiro atoms. The van der Waals surface area contributed by atoms with Gasteiger partial charge in [-0.15, -0.1) is 11.3 Å². The molecule has 0 radical (unpaired) electrons. The summed E-state index contributed by atoms with van der Waals surface area (Å²) in [6.07, 6.45) is 2.94. The summed E-state index contributed by atoms with van der Waals surface area (Å²) in [7, 11) is 0. The smallest absolute Gasteiger partial charge is 0.341 e. The molecule has 0 atom stereocenters. The van der Waals surface area contributed by atoms with Crippen molar-refractivity contribution in [1.29, 1.82) is 0 Å². The number of hydrogen-bond acceptors (Lipinski definition) is 4. The van der Waals surface area contributed by atoms with Crippen LogP contribution in [0.1, 0.15) is 41.4 Å². The highest BCUT2D eigenvalue weighted by Gasteiger charge is 2.29. The van der Waals surface area contributed by atoms with Crippen LogP contribution < -0.4 is 5.32 Å². The van der Waals surface area contributed by atoms with Crippen LogP contribution in [0, 0.1) is 12.8 Å². The molecule has 132 valence electrons. The van der Waals surface area contributed by atoms with Crippen LogP contribution >= 0.6 is 27.3 Å². The predicted octanol–water partition coefficient (Wildman–Crippen LogP) is 5.40. The molecule has 1 heterocycles. The second kappa shape index (κ2) is 7.70. The summed E-state index contributed by atoms with van der Waals surface area (Å²) in [5, 5.41) is 3.55. The van der Waals surface area contributed by atoms with E-state index < -0.39 is 5.97 Å². The molecule has 25 heavy (non-hydrogen) atoms. The summed E-state index contributed by atoms with van der Waals surface area (Å²) in [6, 6.07) is 7.79. The van der Waals surface area contributed by atoms with Crippen molar-refractivity contribution in [2.24, 2.45) is 5.92 Å². The predicted molar refractivity (Wildman–Crippen MR) is 104 cm³/mol. The molecule has 0 aliphatic heterocycles. The summed E-state index contributed by atoms with van der Waals surface area (Å²) in [5.74, 6) is -0.331. The van der Waals surface area contributed by atoms with Gasteiger partial charge in [-0.3, -0.25) is 4.79 Å². The number of benzene rings is 1. The second-order valence-electron chi connectivity index (χ2n) is 6.08. The van der Waals surface area contributed by atoms with E-state index in [2.05, 4.69) is 21.2 Å². The number of carbonyl (C=O) groups excluding carboxylic acids is 2. The van der Waals surface area contributed by atoms with Crippen molar-refractivity contribution in [3.05, 3.63) is 39.2 Å². The molecule has 3 rings (SSSR count). The lowest BCUT2D eigenvalue weighted by Crippen LogP contribution is -2.28. The van der Waals surface area contributed by atoms with Crippen LogP contribution in [-0.4, -0.2) is 18.5 Å². The molecule has 1 aliphatic carbocycles. The van der Waals surface area contributed by atoms with Crippen molar-refractivity contribution in [2.75, 3.05) is 11.9 Å². The second-order valence-corrected chi connectivity index (χ2v) is 8.22. The number of aryl methyl sites for hydroxylation is 1. The molecule has 0 saturated heterocycles. The number of amides is 1. The normalized spacial score (nSPS) is 14.0. The highest BCUT2D eigenvalue weighted by Crippen LogP contribution is 2.41. The number of thiophene rings is 1. The topological polar surface area (TPSA) is 55.4 Å². The lowest BCUT2D eigenvalue weighted by atomic mass is 9.85. The van der Waals surface area contributed by atoms with Gasteiger partial charge in [-0.2, -0.15) is 0 Å². The Morgan fingerprint density at radius 3 is 2.52 bits per heavy atom. The Kier molecular flexibility index (Phi) is 5.59. The largest absolute Gasteiger partial charge is 0.462 e. The van der Waals surface area contributed by atoms with Crippen molar-refractivity contribution < 1.29 is 14.3 Å². The molecule has 0 bridgehead atoms. The SMILES string of the molecule is CCOC(=O)c1c(NC(=O)C2CCC2)sc(C)c1-c1ccc(Br)cc1. The fraction of sp³-hybridized carbons (Fsp3) is 0.368. The number of anilines is 1. The van der Waals surface area contributed by atoms with Gasteiger partial charge in [0.2, 0.25) is 5.91 Å². The van der Waals surface area contributed by atoms with Crippen molar-refractivity contribution in [3.63, 3.8) is 0 Å². The lowest BCUT2D eigenvalue weighted by molar-refractivity contribution is -0.122. The Hall–Kier alpha value is -1.66. The quantitative estimate of drug-likeness (QED) is 0.657. The van der Waals surface area contributed by atoms with Crippen LogP contribution in [0.3, 0.4) is 0 Å². The fourth-order valence-corrected chi connectivity index (χ4v) is 4.21. The van der Waals surface area contributed by atoms with E-state index in [0.717, 1.165) is 39.7 Å². The van der Waals surface area contributed by atoms with Crippen LogP contribution in [0.2, 0.25) is 0 Å². The maximum absolute atomic E-state index is 12.6. The minimum atomic E-state index is -0.395. The van der Waals surface area contributed by atoms with E-state index in [-0.39, 0.29) is 11.8 Å². The van der Waals surface area contributed by atoms with E-state index >= 15 is 0 Å². The summed E-state index contributed by atoms with van der Waals surface area (Å²) < 4.78 is 6.23. The van der Waals surface area contributed by atoms with Crippen LogP contribution in [0.4, 0.5) is 5.00 Å². The van der Waals surface area contributed by atoms with Crippen LogP contribution in [0.15, 0.2) is 28.7 Å². The van der Waals surface area contributed by atoms with Crippen molar-refractivity contribution in [3.8, 4) is 11.1 Å². The zero-order valence-electron chi connectivity index (χ0n) is 14.2. The Morgan fingerprint density at radius 1 is 1.28 bits per heavy atom. The molecule has 1 aliphatic rings. The zero-order valence-corrected chi connectivity index (χ0v) is 16.6. The number of carbonyl (C=O) groups is 2. The Morgan fingerprint density at radius 2 is 1.96 bits per heavy atom. The van der Waals surface area contributed by atoms with Gasteiger partial charge in [0.15, 0.2) is 0 Å². The molecule has 0 unspecified atom stereocenters. The van der Waals surface area contributed by atoms with Crippen LogP contribution in [0.5, 0.6) is 0 Å². The molecule has 1 fully saturated rings. The fourth-order valence-electron chi connectivity index (χ4n) is 2.88. The molecule has 1 aromatic carbocycles. The Bertz CT molecular complexity index is 794. The molecule has 2 aromatic rings. The number of nitrogens with one attached hydrogen (secondary N) is 1. The van der Waals surface area contributed by atoms with E-state index in [9.17, 15) is 9.59 Å². The molecule has 1 aromatic heterocycles. The third-order valence-electron chi connectivity index (χ3n) is 4.41. The van der Waals surface area contributed by atoms with Gasteiger partial charge >= 0.3 is 5.97 Å². The molecule has 1 N–H and O–H groups in total. The minimum Gasteiger partial charge on any atom is -0.462 e. The average molecular weight is 422 g/mol. The summed E-state index contributed by atoms with van der Waals surface area (Å²) in [6.45, 7) is 4.04. The van der Waals surface area contributed by atoms with Gasteiger partial charge in [0.05, 0.1) is 6.61 Å². The summed E-state index contributed by atoms with van der Waals surface area (Å²) in [5.41, 5.74) is 2.23. The maximum Gasteiger partial charge on any atom is 0.341 e. The molecule has 6 heteroatoms. The third-order valence-corrected chi connectivity index (χ3v) is 5.96. The van der Waals surface area contributed by atoms with Gasteiger partial charge in [-0.25, -0.2) is 4.79 Å². The third kappa shape index (κ3) is 3.80. The first-order chi connectivity index (χ1) is 12.0. The lowest BCUT2D eigenvalue weighted by Gasteiger charge is -2.23. The van der Waals surface area contributed by atoms with Crippen molar-refractivity contribution in [2.45, 2.75) is 33.1 Å². The highest BCUT2D eigenvalue weighted by atomic mass is 79.9. The maximum atomic E-state index is 12.6. The Balaban J connectivity index is 2.02. The first kappa shape index (κ1) is 18.1. The number of hydrogen-bond donors (Lipinski definition) is 1. The summed E-state index contributed by atoms with van der Waals surface area (Å²) in [4.78, 5) is 25.9. The van der Waals surface area contributed by atoms with Crippen LogP contribution in [-0.2, 0) is 9.53 Å². The standard InChI is InChI=1S/C19H20BrNO3S/c1-3-24-19(23)16-15(12-7-9-14(20)10-8-12)11(2)25-18(16)21-17(22)13-5-4-6-13/h7-10,13H,3-6H2,1-2H3,(H,21,22). The van der Waals surface area contributed by atoms with Crippen molar-refractivity contribution in [1.82, 2.24) is 0 Å². The first-order valence-corrected chi connectivity index (χ1v) is 9.99. The van der Waals surface area contributed by atoms with Gasteiger partial charge in [0.1, 0.15) is 10.6 Å². The van der Waals surface area contributed by atoms with E-state index in [1.54, 1.807) is 6.92 Å². The highest BCUT2D eigenvalue weighted by molar-refractivity contribution is 9.10. The molecule has 1 amide bonds. The number of rotatable bonds is 5. The average Bonchev–Trinajstić information content (AvgIpc) is 2.82. The molecule has 4 nitrogen and oxygen atoms in total. The van der Waals surface area contributed by atoms with Gasteiger partial charge in [-0.1, -0.05) is 34.5 Å². The molecular weight excluding hydrogens is 402 g/mol. The molecular formula is C19H20BrNO3S. The number of halogens is 1. The minimum absolute atomic E-state index is 0.000375. The summed E-state index contributed by atoms with van der Waals surface area (Å²) >= 11 is 4.86. The number of esters is 1. The monoisotopic (exact) mass is 421 g/mol. The van der Waals surface area contributed by atoms with Gasteiger partial charge in [0.25, 0.3) is 0 Å². The first-order valence-electron chi connectivity index (χ1n) is 8.38. The van der Waals surface area contributed by atoms with E-state index in [1.807, 2.05) is 31.2 Å². The van der Waals surface area contributed by atoms with Gasteiger partial charge in [-0.05, 0) is 44.4 Å². The van der Waals surface area contributed by atoms with E-state index in [1.165, 1.54) is 11.3 Å². The van der Waals surface area contributed by atoms with Gasteiger partial charge in [0, 0.05) is 20.8 Å². The van der Waals surface area contributed by atoms with Gasteiger partial charge < -0.3 is 10.1 Å². The van der Waals surface area contributed by atoms with E-state index in [0.29, 0.717) is 17.2 Å². The molecule has 1 saturated carbocycles.